The average Bonchev–Trinajstić information content (AvgIpc) is 2.45. The number of benzene rings is 1. The fraction of sp³-hybridized carbons (Fsp3) is 0.333. The lowest BCUT2D eigenvalue weighted by Crippen LogP contribution is -2.05. The van der Waals surface area contributed by atoms with E-state index < -0.39 is 0 Å². The highest BCUT2D eigenvalue weighted by Gasteiger charge is 2.12. The molecule has 0 fully saturated rings. The van der Waals surface area contributed by atoms with Gasteiger partial charge in [0.1, 0.15) is 17.4 Å². The van der Waals surface area contributed by atoms with E-state index in [1.807, 2.05) is 46.0 Å². The quantitative estimate of drug-likeness (QED) is 0.907. The van der Waals surface area contributed by atoms with Crippen molar-refractivity contribution in [3.63, 3.8) is 0 Å². The van der Waals surface area contributed by atoms with Gasteiger partial charge in [-0.2, -0.15) is 4.98 Å². The van der Waals surface area contributed by atoms with Crippen molar-refractivity contribution < 1.29 is 4.74 Å². The average molecular weight is 336 g/mol. The number of anilines is 1. The number of hydrogen-bond donors (Lipinski definition) is 1. The third-order valence-electron chi connectivity index (χ3n) is 3.06. The van der Waals surface area contributed by atoms with Gasteiger partial charge in [0.25, 0.3) is 0 Å². The van der Waals surface area contributed by atoms with E-state index in [9.17, 15) is 0 Å². The van der Waals surface area contributed by atoms with Crippen LogP contribution < -0.4 is 10.1 Å². The first-order valence-electron chi connectivity index (χ1n) is 6.54. The highest BCUT2D eigenvalue weighted by atomic mass is 79.9. The molecule has 0 amide bonds. The summed E-state index contributed by atoms with van der Waals surface area (Å²) in [5, 5.41) is 3.08. The molecule has 0 aliphatic heterocycles. The Morgan fingerprint density at radius 3 is 2.65 bits per heavy atom. The van der Waals surface area contributed by atoms with Crippen molar-refractivity contribution in [1.29, 1.82) is 0 Å². The molecule has 0 saturated carbocycles. The van der Waals surface area contributed by atoms with Crippen LogP contribution in [0.15, 0.2) is 22.7 Å². The Labute approximate surface area is 127 Å². The molecule has 1 aromatic carbocycles. The lowest BCUT2D eigenvalue weighted by atomic mass is 10.2. The Morgan fingerprint density at radius 1 is 1.25 bits per heavy atom. The van der Waals surface area contributed by atoms with E-state index in [1.54, 1.807) is 0 Å². The Morgan fingerprint density at radius 2 is 2.00 bits per heavy atom. The number of halogens is 1. The van der Waals surface area contributed by atoms with Crippen LogP contribution in [0.25, 0.3) is 0 Å². The second kappa shape index (κ2) is 6.22. The van der Waals surface area contributed by atoms with Crippen LogP contribution in [0.4, 0.5) is 5.82 Å². The summed E-state index contributed by atoms with van der Waals surface area (Å²) in [6.45, 7) is 5.99. The predicted octanol–water partition coefficient (Wildman–Crippen LogP) is 4.25. The molecule has 1 aromatic heterocycles. The lowest BCUT2D eigenvalue weighted by molar-refractivity contribution is 0.451. The summed E-state index contributed by atoms with van der Waals surface area (Å²) >= 11 is 3.46. The maximum atomic E-state index is 5.98. The monoisotopic (exact) mass is 335 g/mol. The molecular weight excluding hydrogens is 318 g/mol. The van der Waals surface area contributed by atoms with Gasteiger partial charge < -0.3 is 10.1 Å². The number of aromatic nitrogens is 2. The van der Waals surface area contributed by atoms with Crippen molar-refractivity contribution in [2.45, 2.75) is 27.2 Å². The van der Waals surface area contributed by atoms with Crippen LogP contribution in [0.5, 0.6) is 11.6 Å². The van der Waals surface area contributed by atoms with Gasteiger partial charge in [0.15, 0.2) is 0 Å². The van der Waals surface area contributed by atoms with E-state index in [2.05, 4.69) is 31.2 Å². The minimum Gasteiger partial charge on any atom is -0.438 e. The predicted molar refractivity (Wildman–Crippen MR) is 84.6 cm³/mol. The molecule has 1 N–H and O–H groups in total. The molecule has 0 aliphatic rings. The number of aryl methyl sites for hydroxylation is 2. The molecule has 0 spiro atoms. The van der Waals surface area contributed by atoms with Gasteiger partial charge in [-0.25, -0.2) is 4.98 Å². The topological polar surface area (TPSA) is 47.0 Å². The summed E-state index contributed by atoms with van der Waals surface area (Å²) in [7, 11) is 1.85. The van der Waals surface area contributed by atoms with Gasteiger partial charge in [0, 0.05) is 17.9 Å². The molecule has 0 saturated heterocycles. The molecule has 0 bridgehead atoms. The highest BCUT2D eigenvalue weighted by Crippen LogP contribution is 2.30. The van der Waals surface area contributed by atoms with Crippen molar-refractivity contribution in [1.82, 2.24) is 9.97 Å². The molecule has 106 valence electrons. The Hall–Kier alpha value is -1.62. The molecule has 5 heteroatoms. The van der Waals surface area contributed by atoms with Gasteiger partial charge in [0.05, 0.1) is 5.56 Å². The third-order valence-corrected chi connectivity index (χ3v) is 3.55. The molecule has 0 radical (unpaired) electrons. The molecular formula is C15H18BrN3O. The first-order valence-corrected chi connectivity index (χ1v) is 7.33. The summed E-state index contributed by atoms with van der Waals surface area (Å²) in [5.41, 5.74) is 1.97. The zero-order chi connectivity index (χ0) is 14.7. The molecule has 2 rings (SSSR count). The Kier molecular flexibility index (Phi) is 4.60. The van der Waals surface area contributed by atoms with Crippen molar-refractivity contribution >= 4 is 21.7 Å². The minimum atomic E-state index is 0.599. The van der Waals surface area contributed by atoms with Crippen LogP contribution in [-0.4, -0.2) is 17.0 Å². The third kappa shape index (κ3) is 3.10. The number of nitrogens with zero attached hydrogens (tertiary/aromatic N) is 2. The van der Waals surface area contributed by atoms with Crippen LogP contribution in [-0.2, 0) is 6.42 Å². The zero-order valence-electron chi connectivity index (χ0n) is 12.1. The second-order valence-corrected chi connectivity index (χ2v) is 5.45. The number of nitrogens with one attached hydrogen (secondary N) is 1. The van der Waals surface area contributed by atoms with Crippen molar-refractivity contribution in [2.24, 2.45) is 0 Å². The number of ether oxygens (including phenoxy) is 1. The molecule has 0 atom stereocenters. The largest absolute Gasteiger partial charge is 0.438 e. The lowest BCUT2D eigenvalue weighted by Gasteiger charge is -2.14. The Bertz CT molecular complexity index is 629. The first-order chi connectivity index (χ1) is 9.55. The van der Waals surface area contributed by atoms with Gasteiger partial charge in [-0.1, -0.05) is 28.9 Å². The van der Waals surface area contributed by atoms with E-state index in [-0.39, 0.29) is 0 Å². The maximum absolute atomic E-state index is 5.98. The van der Waals surface area contributed by atoms with Gasteiger partial charge in [-0.15, -0.1) is 0 Å². The molecule has 2 aromatic rings. The fourth-order valence-corrected chi connectivity index (χ4v) is 2.17. The van der Waals surface area contributed by atoms with Crippen LogP contribution >= 0.6 is 15.9 Å². The summed E-state index contributed by atoms with van der Waals surface area (Å²) in [6, 6.07) is 5.95. The van der Waals surface area contributed by atoms with Gasteiger partial charge in [-0.05, 0) is 31.5 Å². The maximum Gasteiger partial charge on any atom is 0.227 e. The highest BCUT2D eigenvalue weighted by molar-refractivity contribution is 9.10. The smallest absolute Gasteiger partial charge is 0.227 e. The van der Waals surface area contributed by atoms with Crippen molar-refractivity contribution in [2.75, 3.05) is 12.4 Å². The molecule has 1 heterocycles. The van der Waals surface area contributed by atoms with Crippen LogP contribution in [0.3, 0.4) is 0 Å². The first kappa shape index (κ1) is 14.8. The van der Waals surface area contributed by atoms with Crippen LogP contribution in [0.1, 0.15) is 23.9 Å². The normalized spacial score (nSPS) is 10.4. The van der Waals surface area contributed by atoms with Gasteiger partial charge in [0.2, 0.25) is 5.88 Å². The molecule has 0 unspecified atom stereocenters. The second-order valence-electron chi connectivity index (χ2n) is 4.53. The SMILES string of the molecule is CCc1nc(NC)c(C)c(Oc2cc(Br)ccc2C)n1. The molecule has 0 aliphatic carbocycles. The van der Waals surface area contributed by atoms with Crippen LogP contribution in [0.2, 0.25) is 0 Å². The van der Waals surface area contributed by atoms with E-state index in [0.717, 1.165) is 39.4 Å². The van der Waals surface area contributed by atoms with E-state index in [1.165, 1.54) is 0 Å². The van der Waals surface area contributed by atoms with E-state index in [0.29, 0.717) is 5.88 Å². The number of rotatable bonds is 4. The minimum absolute atomic E-state index is 0.599. The van der Waals surface area contributed by atoms with Crippen molar-refractivity contribution in [3.05, 3.63) is 39.6 Å². The zero-order valence-corrected chi connectivity index (χ0v) is 13.7. The van der Waals surface area contributed by atoms with Gasteiger partial charge >= 0.3 is 0 Å². The van der Waals surface area contributed by atoms with Crippen LogP contribution in [0, 0.1) is 13.8 Å². The fourth-order valence-electron chi connectivity index (χ4n) is 1.83. The van der Waals surface area contributed by atoms with E-state index in [4.69, 9.17) is 4.74 Å². The standard InChI is InChI=1S/C15H18BrN3O/c1-5-13-18-14(17-4)10(3)15(19-13)20-12-8-11(16)7-6-9(12)2/h6-8H,5H2,1-4H3,(H,17,18,19). The summed E-state index contributed by atoms with van der Waals surface area (Å²) < 4.78 is 6.97. The molecule has 20 heavy (non-hydrogen) atoms. The van der Waals surface area contributed by atoms with E-state index >= 15 is 0 Å². The summed E-state index contributed by atoms with van der Waals surface area (Å²) in [4.78, 5) is 8.92. The van der Waals surface area contributed by atoms with Crippen molar-refractivity contribution in [3.8, 4) is 11.6 Å². The molecule has 4 nitrogen and oxygen atoms in total. The van der Waals surface area contributed by atoms with Gasteiger partial charge in [-0.3, -0.25) is 0 Å². The Balaban J connectivity index is 2.44. The number of hydrogen-bond acceptors (Lipinski definition) is 4. The summed E-state index contributed by atoms with van der Waals surface area (Å²) in [6.07, 6.45) is 0.767. The summed E-state index contributed by atoms with van der Waals surface area (Å²) in [5.74, 6) is 2.97.